The molecule has 1 aliphatic rings. The molecule has 1 aromatic rings. The SMILES string of the molecule is CCO[C@@H](C)c1nc(CC(=O)N2CCO[C@@H](CC(=O)O)C2)cs1. The van der Waals surface area contributed by atoms with Gasteiger partial charge in [-0.15, -0.1) is 11.3 Å². The number of thiazole rings is 1. The monoisotopic (exact) mass is 342 g/mol. The van der Waals surface area contributed by atoms with E-state index in [9.17, 15) is 9.59 Å². The largest absolute Gasteiger partial charge is 0.481 e. The number of carboxylic acids is 1. The molecule has 1 aliphatic heterocycles. The molecule has 8 heteroatoms. The second kappa shape index (κ2) is 8.37. The van der Waals surface area contributed by atoms with Crippen LogP contribution in [0.1, 0.15) is 37.1 Å². The van der Waals surface area contributed by atoms with Crippen molar-refractivity contribution < 1.29 is 24.2 Å². The van der Waals surface area contributed by atoms with Crippen LogP contribution in [0.3, 0.4) is 0 Å². The molecule has 1 N–H and O–H groups in total. The first-order valence-electron chi connectivity index (χ1n) is 7.66. The summed E-state index contributed by atoms with van der Waals surface area (Å²) in [4.78, 5) is 29.2. The molecule has 0 bridgehead atoms. The number of aromatic nitrogens is 1. The van der Waals surface area contributed by atoms with Crippen LogP contribution < -0.4 is 0 Å². The van der Waals surface area contributed by atoms with Crippen molar-refractivity contribution in [2.45, 2.75) is 38.9 Å². The molecule has 1 fully saturated rings. The van der Waals surface area contributed by atoms with E-state index in [1.807, 2.05) is 19.2 Å². The molecule has 2 rings (SSSR count). The number of nitrogens with zero attached hydrogens (tertiary/aromatic N) is 2. The van der Waals surface area contributed by atoms with Crippen LogP contribution in [0.4, 0.5) is 0 Å². The highest BCUT2D eigenvalue weighted by atomic mass is 32.1. The summed E-state index contributed by atoms with van der Waals surface area (Å²) in [6.07, 6.45) is -0.377. The minimum Gasteiger partial charge on any atom is -0.481 e. The molecular formula is C15H22N2O5S. The number of carbonyl (C=O) groups is 2. The second-order valence-corrected chi connectivity index (χ2v) is 6.27. The van der Waals surface area contributed by atoms with Crippen molar-refractivity contribution >= 4 is 23.2 Å². The number of carboxylic acid groups (broad SMARTS) is 1. The van der Waals surface area contributed by atoms with Crippen molar-refractivity contribution in [3.8, 4) is 0 Å². The van der Waals surface area contributed by atoms with Gasteiger partial charge in [-0.25, -0.2) is 4.98 Å². The normalized spacial score (nSPS) is 19.6. The lowest BCUT2D eigenvalue weighted by Crippen LogP contribution is -2.46. The molecule has 0 unspecified atom stereocenters. The first-order valence-corrected chi connectivity index (χ1v) is 8.54. The predicted molar refractivity (Wildman–Crippen MR) is 84.4 cm³/mol. The fourth-order valence-corrected chi connectivity index (χ4v) is 3.27. The summed E-state index contributed by atoms with van der Waals surface area (Å²) in [5, 5.41) is 11.6. The number of amides is 1. The summed E-state index contributed by atoms with van der Waals surface area (Å²) < 4.78 is 10.9. The molecule has 23 heavy (non-hydrogen) atoms. The maximum absolute atomic E-state index is 12.4. The summed E-state index contributed by atoms with van der Waals surface area (Å²) in [6, 6.07) is 0. The smallest absolute Gasteiger partial charge is 0.306 e. The van der Waals surface area contributed by atoms with E-state index in [2.05, 4.69) is 4.98 Å². The average Bonchev–Trinajstić information content (AvgIpc) is 2.95. The molecule has 1 amide bonds. The zero-order chi connectivity index (χ0) is 16.8. The van der Waals surface area contributed by atoms with Crippen LogP contribution in [0, 0.1) is 0 Å². The topological polar surface area (TPSA) is 89.0 Å². The number of hydrogen-bond donors (Lipinski definition) is 1. The van der Waals surface area contributed by atoms with Crippen molar-refractivity contribution in [3.05, 3.63) is 16.1 Å². The second-order valence-electron chi connectivity index (χ2n) is 5.38. The molecule has 0 radical (unpaired) electrons. The van der Waals surface area contributed by atoms with Crippen molar-refractivity contribution in [2.75, 3.05) is 26.3 Å². The molecule has 1 saturated heterocycles. The Kier molecular flexibility index (Phi) is 6.49. The van der Waals surface area contributed by atoms with E-state index < -0.39 is 12.1 Å². The van der Waals surface area contributed by atoms with Gasteiger partial charge in [0.1, 0.15) is 11.1 Å². The number of carbonyl (C=O) groups excluding carboxylic acids is 1. The van der Waals surface area contributed by atoms with Crippen molar-refractivity contribution in [1.82, 2.24) is 9.88 Å². The van der Waals surface area contributed by atoms with Crippen LogP contribution in [-0.4, -0.2) is 59.3 Å². The minimum absolute atomic E-state index is 0.0513. The number of aliphatic carboxylic acids is 1. The van der Waals surface area contributed by atoms with Gasteiger partial charge in [-0.05, 0) is 13.8 Å². The number of hydrogen-bond acceptors (Lipinski definition) is 6. The van der Waals surface area contributed by atoms with Gasteiger partial charge in [0.05, 0.1) is 31.2 Å². The zero-order valence-electron chi connectivity index (χ0n) is 13.4. The van der Waals surface area contributed by atoms with Gasteiger partial charge in [-0.2, -0.15) is 0 Å². The van der Waals surface area contributed by atoms with E-state index in [0.29, 0.717) is 26.3 Å². The average molecular weight is 342 g/mol. The van der Waals surface area contributed by atoms with Gasteiger partial charge in [0.15, 0.2) is 0 Å². The molecule has 0 saturated carbocycles. The van der Waals surface area contributed by atoms with Crippen molar-refractivity contribution in [1.29, 1.82) is 0 Å². The molecule has 0 aromatic carbocycles. The predicted octanol–water partition coefficient (Wildman–Crippen LogP) is 1.49. The standard InChI is InChI=1S/C15H22N2O5S/c1-3-21-10(2)15-16-11(9-23-15)6-13(18)17-4-5-22-12(8-17)7-14(19)20/h9-10,12H,3-8H2,1-2H3,(H,19,20)/t10-,12-/m0/s1. The van der Waals surface area contributed by atoms with Crippen LogP contribution in [0.15, 0.2) is 5.38 Å². The molecule has 2 atom stereocenters. The molecule has 7 nitrogen and oxygen atoms in total. The fourth-order valence-electron chi connectivity index (χ4n) is 2.44. The van der Waals surface area contributed by atoms with E-state index in [0.717, 1.165) is 10.7 Å². The third kappa shape index (κ3) is 5.26. The minimum atomic E-state index is -0.918. The highest BCUT2D eigenvalue weighted by Crippen LogP contribution is 2.21. The Bertz CT molecular complexity index is 548. The molecular weight excluding hydrogens is 320 g/mol. The van der Waals surface area contributed by atoms with Crippen LogP contribution in [0.5, 0.6) is 0 Å². The van der Waals surface area contributed by atoms with E-state index in [1.54, 1.807) is 4.90 Å². The Morgan fingerprint density at radius 2 is 2.39 bits per heavy atom. The Balaban J connectivity index is 1.89. The van der Waals surface area contributed by atoms with Crippen LogP contribution in [-0.2, 0) is 25.5 Å². The van der Waals surface area contributed by atoms with Gasteiger partial charge in [0.25, 0.3) is 0 Å². The number of ether oxygens (including phenoxy) is 2. The zero-order valence-corrected chi connectivity index (χ0v) is 14.2. The van der Waals surface area contributed by atoms with Crippen LogP contribution >= 0.6 is 11.3 Å². The summed E-state index contributed by atoms with van der Waals surface area (Å²) in [5.41, 5.74) is 0.725. The quantitative estimate of drug-likeness (QED) is 0.807. The number of morpholine rings is 1. The molecule has 0 spiro atoms. The maximum Gasteiger partial charge on any atom is 0.306 e. The van der Waals surface area contributed by atoms with Crippen LogP contribution in [0.2, 0.25) is 0 Å². The molecule has 128 valence electrons. The van der Waals surface area contributed by atoms with Crippen LogP contribution in [0.25, 0.3) is 0 Å². The third-order valence-corrected chi connectivity index (χ3v) is 4.61. The fraction of sp³-hybridized carbons (Fsp3) is 0.667. The third-order valence-electron chi connectivity index (χ3n) is 3.56. The lowest BCUT2D eigenvalue weighted by atomic mass is 10.2. The highest BCUT2D eigenvalue weighted by Gasteiger charge is 2.26. The van der Waals surface area contributed by atoms with Gasteiger partial charge < -0.3 is 19.5 Å². The van der Waals surface area contributed by atoms with Gasteiger partial charge in [0.2, 0.25) is 5.91 Å². The Labute approximate surface area is 139 Å². The Morgan fingerprint density at radius 1 is 1.61 bits per heavy atom. The molecule has 1 aromatic heterocycles. The van der Waals surface area contributed by atoms with Gasteiger partial charge in [0, 0.05) is 25.1 Å². The molecule has 2 heterocycles. The summed E-state index contributed by atoms with van der Waals surface area (Å²) >= 11 is 1.49. The lowest BCUT2D eigenvalue weighted by molar-refractivity contribution is -0.147. The van der Waals surface area contributed by atoms with E-state index in [1.165, 1.54) is 11.3 Å². The Morgan fingerprint density at radius 3 is 3.09 bits per heavy atom. The first-order chi connectivity index (χ1) is 11.0. The number of rotatable bonds is 7. The van der Waals surface area contributed by atoms with Gasteiger partial charge in [-0.1, -0.05) is 0 Å². The molecule has 0 aliphatic carbocycles. The van der Waals surface area contributed by atoms with E-state index in [-0.39, 0.29) is 24.9 Å². The first kappa shape index (κ1) is 17.8. The van der Waals surface area contributed by atoms with Gasteiger partial charge >= 0.3 is 5.97 Å². The highest BCUT2D eigenvalue weighted by molar-refractivity contribution is 7.09. The van der Waals surface area contributed by atoms with Crippen molar-refractivity contribution in [2.24, 2.45) is 0 Å². The summed E-state index contributed by atoms with van der Waals surface area (Å²) in [6.45, 7) is 5.66. The van der Waals surface area contributed by atoms with E-state index >= 15 is 0 Å². The maximum atomic E-state index is 12.4. The summed E-state index contributed by atoms with van der Waals surface area (Å²) in [5.74, 6) is -0.969. The van der Waals surface area contributed by atoms with E-state index in [4.69, 9.17) is 14.6 Å². The van der Waals surface area contributed by atoms with Crippen molar-refractivity contribution in [3.63, 3.8) is 0 Å². The van der Waals surface area contributed by atoms with Gasteiger partial charge in [-0.3, -0.25) is 9.59 Å². The summed E-state index contributed by atoms with van der Waals surface area (Å²) in [7, 11) is 0. The Hall–Kier alpha value is -1.51. The lowest BCUT2D eigenvalue weighted by Gasteiger charge is -2.32.